The van der Waals surface area contributed by atoms with Crippen molar-refractivity contribution in [2.45, 2.75) is 12.8 Å². The van der Waals surface area contributed by atoms with E-state index in [-0.39, 0.29) is 5.69 Å². The van der Waals surface area contributed by atoms with Crippen LogP contribution in [0.4, 0.5) is 11.5 Å². The zero-order valence-electron chi connectivity index (χ0n) is 10.1. The molecule has 6 heteroatoms. The molecule has 0 aromatic carbocycles. The second-order valence-electron chi connectivity index (χ2n) is 4.38. The predicted octanol–water partition coefficient (Wildman–Crippen LogP) is 1.92. The molecule has 0 unspecified atom stereocenters. The molecule has 0 atom stereocenters. The molecule has 1 aromatic heterocycles. The van der Waals surface area contributed by atoms with Crippen LogP contribution in [0, 0.1) is 5.92 Å². The lowest BCUT2D eigenvalue weighted by molar-refractivity contribution is 0.0690. The topological polar surface area (TPSA) is 88.2 Å². The first-order valence-electron chi connectivity index (χ1n) is 5.98. The smallest absolute Gasteiger partial charge is 0.354 e. The quantitative estimate of drug-likeness (QED) is 0.772. The van der Waals surface area contributed by atoms with Gasteiger partial charge in [-0.05, 0) is 42.4 Å². The summed E-state index contributed by atoms with van der Waals surface area (Å²) in [6, 6.07) is 3.00. The number of aromatic nitrogens is 1. The highest BCUT2D eigenvalue weighted by atomic mass is 32.2. The van der Waals surface area contributed by atoms with E-state index < -0.39 is 5.97 Å². The van der Waals surface area contributed by atoms with Crippen LogP contribution in [0.1, 0.15) is 23.3 Å². The van der Waals surface area contributed by atoms with E-state index in [1.807, 2.05) is 11.8 Å². The van der Waals surface area contributed by atoms with E-state index >= 15 is 0 Å². The number of nitrogens with two attached hydrogens (primary N) is 1. The van der Waals surface area contributed by atoms with Gasteiger partial charge in [-0.1, -0.05) is 0 Å². The van der Waals surface area contributed by atoms with Gasteiger partial charge in [0, 0.05) is 6.54 Å². The highest BCUT2D eigenvalue weighted by Crippen LogP contribution is 2.24. The van der Waals surface area contributed by atoms with Gasteiger partial charge in [0.15, 0.2) is 5.69 Å². The average Bonchev–Trinajstić information content (AvgIpc) is 2.38. The van der Waals surface area contributed by atoms with Crippen molar-refractivity contribution in [3.63, 3.8) is 0 Å². The Morgan fingerprint density at radius 2 is 2.22 bits per heavy atom. The Hall–Kier alpha value is -1.43. The van der Waals surface area contributed by atoms with Gasteiger partial charge < -0.3 is 16.2 Å². The van der Waals surface area contributed by atoms with Crippen molar-refractivity contribution in [3.05, 3.63) is 17.8 Å². The van der Waals surface area contributed by atoms with Gasteiger partial charge >= 0.3 is 5.97 Å². The van der Waals surface area contributed by atoms with Gasteiger partial charge in [-0.15, -0.1) is 0 Å². The Morgan fingerprint density at radius 1 is 1.50 bits per heavy atom. The summed E-state index contributed by atoms with van der Waals surface area (Å²) in [5.74, 6) is 2.47. The lowest BCUT2D eigenvalue weighted by atomic mass is 10.0. The van der Waals surface area contributed by atoms with Crippen LogP contribution in [0.5, 0.6) is 0 Å². The number of thioether (sulfide) groups is 1. The summed E-state index contributed by atoms with van der Waals surface area (Å²) in [6.45, 7) is 0.806. The van der Waals surface area contributed by atoms with Crippen molar-refractivity contribution in [3.8, 4) is 0 Å². The van der Waals surface area contributed by atoms with Crippen LogP contribution in [0.15, 0.2) is 12.1 Å². The highest BCUT2D eigenvalue weighted by Gasteiger charge is 2.15. The van der Waals surface area contributed by atoms with E-state index in [1.54, 1.807) is 6.07 Å². The van der Waals surface area contributed by atoms with Gasteiger partial charge in [-0.2, -0.15) is 11.8 Å². The van der Waals surface area contributed by atoms with Crippen molar-refractivity contribution in [2.24, 2.45) is 5.92 Å². The summed E-state index contributed by atoms with van der Waals surface area (Å²) < 4.78 is 0. The molecule has 0 aliphatic carbocycles. The van der Waals surface area contributed by atoms with Crippen molar-refractivity contribution in [1.82, 2.24) is 4.98 Å². The third-order valence-electron chi connectivity index (χ3n) is 3.04. The minimum absolute atomic E-state index is 0.0194. The number of hydrogen-bond donors (Lipinski definition) is 3. The van der Waals surface area contributed by atoms with Crippen LogP contribution in [0.3, 0.4) is 0 Å². The molecule has 1 aliphatic heterocycles. The fraction of sp³-hybridized carbons (Fsp3) is 0.500. The van der Waals surface area contributed by atoms with Crippen LogP contribution in [0.2, 0.25) is 0 Å². The third kappa shape index (κ3) is 3.29. The largest absolute Gasteiger partial charge is 0.477 e. The zero-order valence-corrected chi connectivity index (χ0v) is 10.9. The predicted molar refractivity (Wildman–Crippen MR) is 74.1 cm³/mol. The first kappa shape index (κ1) is 13.0. The van der Waals surface area contributed by atoms with E-state index in [4.69, 9.17) is 10.8 Å². The van der Waals surface area contributed by atoms with Crippen LogP contribution in [-0.2, 0) is 0 Å². The molecule has 0 saturated carbocycles. The van der Waals surface area contributed by atoms with Gasteiger partial charge in [0.1, 0.15) is 5.82 Å². The summed E-state index contributed by atoms with van der Waals surface area (Å²) in [7, 11) is 0. The molecule has 0 spiro atoms. The minimum Gasteiger partial charge on any atom is -0.477 e. The van der Waals surface area contributed by atoms with Gasteiger partial charge in [-0.25, -0.2) is 9.78 Å². The molecule has 2 heterocycles. The summed E-state index contributed by atoms with van der Waals surface area (Å²) in [5.41, 5.74) is 6.29. The number of anilines is 2. The molecule has 2 rings (SSSR count). The monoisotopic (exact) mass is 267 g/mol. The molecule has 0 amide bonds. The van der Waals surface area contributed by atoms with Crippen molar-refractivity contribution in [1.29, 1.82) is 0 Å². The fourth-order valence-corrected chi connectivity index (χ4v) is 3.13. The van der Waals surface area contributed by atoms with E-state index in [0.717, 1.165) is 6.54 Å². The molecule has 5 nitrogen and oxygen atoms in total. The number of carboxylic acid groups (broad SMARTS) is 1. The molecule has 18 heavy (non-hydrogen) atoms. The number of nitrogens with zero attached hydrogens (tertiary/aromatic N) is 1. The second-order valence-corrected chi connectivity index (χ2v) is 5.60. The molecule has 98 valence electrons. The van der Waals surface area contributed by atoms with E-state index in [2.05, 4.69) is 10.3 Å². The standard InChI is InChI=1S/C12H17N3O2S/c13-9-1-2-10(12(16)17)15-11(9)14-7-8-3-5-18-6-4-8/h1-2,8H,3-7,13H2,(H,14,15)(H,16,17). The lowest BCUT2D eigenvalue weighted by Gasteiger charge is -2.22. The molecular formula is C12H17N3O2S. The Balaban J connectivity index is 1.99. The maximum atomic E-state index is 10.8. The highest BCUT2D eigenvalue weighted by molar-refractivity contribution is 7.99. The van der Waals surface area contributed by atoms with Crippen LogP contribution >= 0.6 is 11.8 Å². The number of carbonyl (C=O) groups is 1. The van der Waals surface area contributed by atoms with Gasteiger partial charge in [0.25, 0.3) is 0 Å². The Morgan fingerprint density at radius 3 is 2.89 bits per heavy atom. The zero-order chi connectivity index (χ0) is 13.0. The van der Waals surface area contributed by atoms with Gasteiger partial charge in [0.2, 0.25) is 0 Å². The molecule has 1 fully saturated rings. The average molecular weight is 267 g/mol. The van der Waals surface area contributed by atoms with Crippen molar-refractivity contribution >= 4 is 29.2 Å². The number of hydrogen-bond acceptors (Lipinski definition) is 5. The van der Waals surface area contributed by atoms with Crippen molar-refractivity contribution in [2.75, 3.05) is 29.1 Å². The number of rotatable bonds is 4. The molecule has 4 N–H and O–H groups in total. The van der Waals surface area contributed by atoms with E-state index in [1.165, 1.54) is 30.4 Å². The van der Waals surface area contributed by atoms with Crippen LogP contribution in [0.25, 0.3) is 0 Å². The van der Waals surface area contributed by atoms with Crippen LogP contribution in [-0.4, -0.2) is 34.1 Å². The Kier molecular flexibility index (Phi) is 4.30. The number of aromatic carboxylic acids is 1. The maximum absolute atomic E-state index is 10.8. The minimum atomic E-state index is -1.04. The summed E-state index contributed by atoms with van der Waals surface area (Å²) in [4.78, 5) is 14.9. The molecule has 1 saturated heterocycles. The van der Waals surface area contributed by atoms with Crippen LogP contribution < -0.4 is 11.1 Å². The van der Waals surface area contributed by atoms with Crippen molar-refractivity contribution < 1.29 is 9.90 Å². The normalized spacial score (nSPS) is 16.4. The maximum Gasteiger partial charge on any atom is 0.354 e. The summed E-state index contributed by atoms with van der Waals surface area (Å²) in [6.07, 6.45) is 2.38. The Labute approximate surface area is 110 Å². The molecule has 0 bridgehead atoms. The molecule has 0 radical (unpaired) electrons. The lowest BCUT2D eigenvalue weighted by Crippen LogP contribution is -2.20. The molecule has 1 aromatic rings. The molecular weight excluding hydrogens is 250 g/mol. The summed E-state index contributed by atoms with van der Waals surface area (Å²) >= 11 is 1.98. The number of nitrogen functional groups attached to an aromatic ring is 1. The first-order valence-corrected chi connectivity index (χ1v) is 7.13. The first-order chi connectivity index (χ1) is 8.66. The fourth-order valence-electron chi connectivity index (χ4n) is 1.92. The summed E-state index contributed by atoms with van der Waals surface area (Å²) in [5, 5.41) is 12.1. The third-order valence-corrected chi connectivity index (χ3v) is 4.09. The SMILES string of the molecule is Nc1ccc(C(=O)O)nc1NCC1CCSCC1. The number of carboxylic acids is 1. The number of nitrogens with one attached hydrogen (secondary N) is 1. The second kappa shape index (κ2) is 5.95. The van der Waals surface area contributed by atoms with E-state index in [9.17, 15) is 4.79 Å². The Bertz CT molecular complexity index is 433. The van der Waals surface area contributed by atoms with E-state index in [0.29, 0.717) is 17.4 Å². The number of pyridine rings is 1. The molecule has 1 aliphatic rings. The van der Waals surface area contributed by atoms with Gasteiger partial charge in [-0.3, -0.25) is 0 Å². The van der Waals surface area contributed by atoms with Gasteiger partial charge in [0.05, 0.1) is 5.69 Å².